The first-order chi connectivity index (χ1) is 10.4. The molecular weight excluding hydrogens is 282 g/mol. The van der Waals surface area contributed by atoms with Crippen LogP contribution in [0.4, 0.5) is 10.7 Å². The Morgan fingerprint density at radius 1 is 1.36 bits per heavy atom. The summed E-state index contributed by atoms with van der Waals surface area (Å²) < 4.78 is 6.72. The van der Waals surface area contributed by atoms with Crippen molar-refractivity contribution in [3.8, 4) is 6.07 Å². The first kappa shape index (κ1) is 15.5. The number of aromatic nitrogens is 3. The summed E-state index contributed by atoms with van der Waals surface area (Å²) in [5.41, 5.74) is 1.01. The summed E-state index contributed by atoms with van der Waals surface area (Å²) in [5.74, 6) is 0.183. The van der Waals surface area contributed by atoms with Gasteiger partial charge in [0.25, 0.3) is 5.95 Å². The van der Waals surface area contributed by atoms with Gasteiger partial charge in [-0.25, -0.2) is 14.5 Å². The van der Waals surface area contributed by atoms with Crippen molar-refractivity contribution in [1.29, 1.82) is 5.26 Å². The summed E-state index contributed by atoms with van der Waals surface area (Å²) in [6.07, 6.45) is 0.925. The maximum Gasteiger partial charge on any atom is 0.414 e. The molecule has 1 N–H and O–H groups in total. The lowest BCUT2D eigenvalue weighted by molar-refractivity contribution is 0.0634. The lowest BCUT2D eigenvalue weighted by atomic mass is 10.1. The van der Waals surface area contributed by atoms with Crippen molar-refractivity contribution in [1.82, 2.24) is 14.8 Å². The van der Waals surface area contributed by atoms with Crippen LogP contribution >= 0.6 is 0 Å². The normalized spacial score (nSPS) is 10.8. The van der Waals surface area contributed by atoms with E-state index in [-0.39, 0.29) is 5.95 Å². The van der Waals surface area contributed by atoms with Crippen molar-refractivity contribution in [2.45, 2.75) is 32.9 Å². The molecule has 0 aliphatic heterocycles. The van der Waals surface area contributed by atoms with E-state index >= 15 is 0 Å². The van der Waals surface area contributed by atoms with Gasteiger partial charge in [0, 0.05) is 0 Å². The number of rotatable bonds is 3. The Hall–Kier alpha value is -2.88. The van der Waals surface area contributed by atoms with Crippen molar-refractivity contribution >= 4 is 12.0 Å². The van der Waals surface area contributed by atoms with Gasteiger partial charge < -0.3 is 4.74 Å². The van der Waals surface area contributed by atoms with Gasteiger partial charge >= 0.3 is 6.09 Å². The molecule has 1 aromatic carbocycles. The average molecular weight is 299 g/mol. The second kappa shape index (κ2) is 6.26. The van der Waals surface area contributed by atoms with Crippen LogP contribution in [0.5, 0.6) is 0 Å². The summed E-state index contributed by atoms with van der Waals surface area (Å²) in [5, 5.41) is 15.4. The highest BCUT2D eigenvalue weighted by Gasteiger charge is 2.17. The first-order valence-corrected chi connectivity index (χ1v) is 6.74. The number of amides is 1. The van der Waals surface area contributed by atoms with Gasteiger partial charge in [0.15, 0.2) is 0 Å². The standard InChI is InChI=1S/C15H17N5O2/c1-15(2,3)22-14(21)18-13-17-10-20(19-13)9-12-6-4-11(8-16)5-7-12/h4-7,10H,9H2,1-3H3,(H,18,19,21). The number of nitrogens with zero attached hydrogens (tertiary/aromatic N) is 4. The van der Waals surface area contributed by atoms with Crippen molar-refractivity contribution in [3.05, 3.63) is 41.7 Å². The zero-order valence-electron chi connectivity index (χ0n) is 12.7. The number of hydrogen-bond acceptors (Lipinski definition) is 5. The third kappa shape index (κ3) is 4.59. The Kier molecular flexibility index (Phi) is 4.41. The first-order valence-electron chi connectivity index (χ1n) is 6.74. The van der Waals surface area contributed by atoms with Gasteiger partial charge in [0.1, 0.15) is 11.9 Å². The molecular formula is C15H17N5O2. The van der Waals surface area contributed by atoms with E-state index in [4.69, 9.17) is 10.00 Å². The molecule has 0 spiro atoms. The number of carbonyl (C=O) groups is 1. The third-order valence-electron chi connectivity index (χ3n) is 2.58. The van der Waals surface area contributed by atoms with Crippen LogP contribution < -0.4 is 5.32 Å². The molecule has 0 radical (unpaired) electrons. The van der Waals surface area contributed by atoms with Gasteiger partial charge in [-0.2, -0.15) is 5.26 Å². The maximum atomic E-state index is 11.6. The van der Waals surface area contributed by atoms with Gasteiger partial charge in [-0.3, -0.25) is 5.32 Å². The molecule has 1 amide bonds. The fourth-order valence-corrected chi connectivity index (χ4v) is 1.69. The van der Waals surface area contributed by atoms with Gasteiger partial charge in [-0.15, -0.1) is 5.10 Å². The van der Waals surface area contributed by atoms with E-state index in [2.05, 4.69) is 21.5 Å². The monoisotopic (exact) mass is 299 g/mol. The van der Waals surface area contributed by atoms with E-state index in [0.717, 1.165) is 5.56 Å². The Bertz CT molecular complexity index is 692. The van der Waals surface area contributed by atoms with Crippen LogP contribution in [-0.2, 0) is 11.3 Å². The molecule has 0 aliphatic carbocycles. The highest BCUT2D eigenvalue weighted by Crippen LogP contribution is 2.09. The minimum atomic E-state index is -0.594. The van der Waals surface area contributed by atoms with E-state index in [1.807, 2.05) is 12.1 Å². The van der Waals surface area contributed by atoms with Crippen LogP contribution in [-0.4, -0.2) is 26.5 Å². The van der Waals surface area contributed by atoms with E-state index in [9.17, 15) is 4.79 Å². The Morgan fingerprint density at radius 3 is 2.64 bits per heavy atom. The molecule has 7 nitrogen and oxygen atoms in total. The highest BCUT2D eigenvalue weighted by molar-refractivity contribution is 5.82. The number of anilines is 1. The molecule has 0 atom stereocenters. The predicted octanol–water partition coefficient (Wildman–Crippen LogP) is 2.55. The largest absolute Gasteiger partial charge is 0.444 e. The predicted molar refractivity (Wildman–Crippen MR) is 80.1 cm³/mol. The van der Waals surface area contributed by atoms with Crippen LogP contribution in [0.25, 0.3) is 0 Å². The second-order valence-electron chi connectivity index (χ2n) is 5.70. The molecule has 1 aromatic heterocycles. The van der Waals surface area contributed by atoms with Gasteiger partial charge in [0.05, 0.1) is 18.2 Å². The molecule has 114 valence electrons. The van der Waals surface area contributed by atoms with E-state index < -0.39 is 11.7 Å². The fourth-order valence-electron chi connectivity index (χ4n) is 1.69. The van der Waals surface area contributed by atoms with Crippen LogP contribution in [0.15, 0.2) is 30.6 Å². The molecule has 7 heteroatoms. The average Bonchev–Trinajstić information content (AvgIpc) is 2.84. The molecule has 0 bridgehead atoms. The molecule has 0 fully saturated rings. The molecule has 0 saturated carbocycles. The van der Waals surface area contributed by atoms with Crippen molar-refractivity contribution in [2.75, 3.05) is 5.32 Å². The summed E-state index contributed by atoms with van der Waals surface area (Å²) in [4.78, 5) is 15.6. The lowest BCUT2D eigenvalue weighted by Crippen LogP contribution is -2.27. The molecule has 22 heavy (non-hydrogen) atoms. The Morgan fingerprint density at radius 2 is 2.05 bits per heavy atom. The van der Waals surface area contributed by atoms with Crippen LogP contribution in [0.2, 0.25) is 0 Å². The SMILES string of the molecule is CC(C)(C)OC(=O)Nc1ncn(Cc2ccc(C#N)cc2)n1. The van der Waals surface area contributed by atoms with Gasteiger partial charge in [-0.1, -0.05) is 12.1 Å². The smallest absolute Gasteiger partial charge is 0.414 e. The summed E-state index contributed by atoms with van der Waals surface area (Å²) in [6.45, 7) is 5.84. The zero-order chi connectivity index (χ0) is 16.2. The minimum Gasteiger partial charge on any atom is -0.444 e. The number of carbonyl (C=O) groups excluding carboxylic acids is 1. The Balaban J connectivity index is 1.96. The molecule has 2 rings (SSSR count). The number of nitriles is 1. The van der Waals surface area contributed by atoms with Crippen LogP contribution in [0.1, 0.15) is 31.9 Å². The number of ether oxygens (including phenoxy) is 1. The molecule has 0 unspecified atom stereocenters. The number of hydrogen-bond donors (Lipinski definition) is 1. The quantitative estimate of drug-likeness (QED) is 0.940. The molecule has 0 aliphatic rings. The van der Waals surface area contributed by atoms with E-state index in [0.29, 0.717) is 12.1 Å². The summed E-state index contributed by atoms with van der Waals surface area (Å²) in [7, 11) is 0. The molecule has 1 heterocycles. The maximum absolute atomic E-state index is 11.6. The molecule has 2 aromatic rings. The topological polar surface area (TPSA) is 92.8 Å². The summed E-state index contributed by atoms with van der Waals surface area (Å²) >= 11 is 0. The van der Waals surface area contributed by atoms with Gasteiger partial charge in [-0.05, 0) is 38.5 Å². The van der Waals surface area contributed by atoms with Gasteiger partial charge in [0.2, 0.25) is 0 Å². The third-order valence-corrected chi connectivity index (χ3v) is 2.58. The highest BCUT2D eigenvalue weighted by atomic mass is 16.6. The lowest BCUT2D eigenvalue weighted by Gasteiger charge is -2.18. The fraction of sp³-hybridized carbons (Fsp3) is 0.333. The second-order valence-corrected chi connectivity index (χ2v) is 5.70. The van der Waals surface area contributed by atoms with Crippen molar-refractivity contribution < 1.29 is 9.53 Å². The van der Waals surface area contributed by atoms with Crippen molar-refractivity contribution in [2.24, 2.45) is 0 Å². The van der Waals surface area contributed by atoms with Crippen molar-refractivity contribution in [3.63, 3.8) is 0 Å². The zero-order valence-corrected chi connectivity index (χ0v) is 12.7. The summed E-state index contributed by atoms with van der Waals surface area (Å²) in [6, 6.07) is 9.25. The van der Waals surface area contributed by atoms with E-state index in [1.165, 1.54) is 6.33 Å². The van der Waals surface area contributed by atoms with Crippen LogP contribution in [0.3, 0.4) is 0 Å². The van der Waals surface area contributed by atoms with Crippen LogP contribution in [0, 0.1) is 11.3 Å². The number of nitrogens with one attached hydrogen (secondary N) is 1. The number of benzene rings is 1. The van der Waals surface area contributed by atoms with E-state index in [1.54, 1.807) is 37.6 Å². The Labute approximate surface area is 128 Å². The molecule has 0 saturated heterocycles. The minimum absolute atomic E-state index is 0.183.